The first-order chi connectivity index (χ1) is 8.08. The molecule has 0 fully saturated rings. The summed E-state index contributed by atoms with van der Waals surface area (Å²) in [5.41, 5.74) is 1.75. The summed E-state index contributed by atoms with van der Waals surface area (Å²) in [6, 6.07) is 5.25. The molecule has 1 aromatic rings. The van der Waals surface area contributed by atoms with Gasteiger partial charge in [-0.3, -0.25) is 4.79 Å². The number of aryl methyl sites for hydroxylation is 2. The second-order valence-corrected chi connectivity index (χ2v) is 7.96. The smallest absolute Gasteiger partial charge is 0.184 e. The Balaban J connectivity index is 3.33. The predicted molar refractivity (Wildman–Crippen MR) is 72.5 cm³/mol. The molecule has 3 nitrogen and oxygen atoms in total. The summed E-state index contributed by atoms with van der Waals surface area (Å²) >= 11 is 0. The molecule has 0 heterocycles. The van der Waals surface area contributed by atoms with Gasteiger partial charge in [0.2, 0.25) is 0 Å². The van der Waals surface area contributed by atoms with Crippen LogP contribution in [-0.4, -0.2) is 18.9 Å². The van der Waals surface area contributed by atoms with E-state index in [-0.39, 0.29) is 12.2 Å². The maximum absolute atomic E-state index is 12.6. The van der Waals surface area contributed by atoms with E-state index in [1.807, 2.05) is 13.0 Å². The van der Waals surface area contributed by atoms with Crippen LogP contribution >= 0.6 is 0 Å². The minimum absolute atomic E-state index is 0.0304. The lowest BCUT2D eigenvalue weighted by atomic mass is 10.1. The third-order valence-corrected chi connectivity index (χ3v) is 5.66. The van der Waals surface area contributed by atoms with Crippen molar-refractivity contribution >= 4 is 15.6 Å². The van der Waals surface area contributed by atoms with Crippen molar-refractivity contribution in [3.05, 3.63) is 29.3 Å². The largest absolute Gasteiger partial charge is 0.300 e. The van der Waals surface area contributed by atoms with Crippen molar-refractivity contribution in [2.75, 3.05) is 0 Å². The molecule has 18 heavy (non-hydrogen) atoms. The molecule has 0 unspecified atom stereocenters. The van der Waals surface area contributed by atoms with Crippen LogP contribution in [0.15, 0.2) is 23.1 Å². The monoisotopic (exact) mass is 268 g/mol. The first-order valence-corrected chi connectivity index (χ1v) is 7.37. The minimum atomic E-state index is -3.50. The van der Waals surface area contributed by atoms with E-state index in [1.165, 1.54) is 6.92 Å². The fourth-order valence-corrected chi connectivity index (χ4v) is 3.81. The van der Waals surface area contributed by atoms with E-state index in [9.17, 15) is 13.2 Å². The lowest BCUT2D eigenvalue weighted by molar-refractivity contribution is -0.117. The van der Waals surface area contributed by atoms with Gasteiger partial charge >= 0.3 is 0 Å². The Hall–Kier alpha value is -1.16. The Kier molecular flexibility index (Phi) is 4.01. The zero-order chi connectivity index (χ0) is 14.1. The average Bonchev–Trinajstić information content (AvgIpc) is 2.14. The van der Waals surface area contributed by atoms with Crippen molar-refractivity contribution in [2.45, 2.75) is 50.7 Å². The topological polar surface area (TPSA) is 51.2 Å². The zero-order valence-corrected chi connectivity index (χ0v) is 12.4. The van der Waals surface area contributed by atoms with E-state index in [0.29, 0.717) is 4.90 Å². The fourth-order valence-electron chi connectivity index (χ4n) is 2.09. The molecule has 0 saturated heterocycles. The van der Waals surface area contributed by atoms with Crippen LogP contribution in [0, 0.1) is 13.8 Å². The maximum atomic E-state index is 12.6. The highest BCUT2D eigenvalue weighted by Crippen LogP contribution is 2.30. The summed E-state index contributed by atoms with van der Waals surface area (Å²) in [5.74, 6) is -0.117. The molecular formula is C14H20O3S. The summed E-state index contributed by atoms with van der Waals surface area (Å²) in [4.78, 5) is 11.5. The Labute approximate surface area is 109 Å². The van der Waals surface area contributed by atoms with Gasteiger partial charge in [0.05, 0.1) is 9.64 Å². The van der Waals surface area contributed by atoms with Gasteiger partial charge in [-0.2, -0.15) is 0 Å². The van der Waals surface area contributed by atoms with Crippen LogP contribution in [0.2, 0.25) is 0 Å². The molecule has 0 atom stereocenters. The number of Topliss-reactive ketones (excluding diaryl/α,β-unsaturated/α-hetero) is 1. The quantitative estimate of drug-likeness (QED) is 0.843. The highest BCUT2D eigenvalue weighted by atomic mass is 32.2. The molecular weight excluding hydrogens is 248 g/mol. The van der Waals surface area contributed by atoms with E-state index in [2.05, 4.69) is 0 Å². The Morgan fingerprint density at radius 3 is 2.22 bits per heavy atom. The molecule has 100 valence electrons. The summed E-state index contributed by atoms with van der Waals surface area (Å²) in [7, 11) is -3.50. The van der Waals surface area contributed by atoms with Crippen LogP contribution in [0.5, 0.6) is 0 Å². The standard InChI is InChI=1S/C14H20O3S/c1-10-6-7-13(11(2)8-10)18(16,17)14(4,5)9-12(3)15/h6-8H,9H2,1-5H3. The molecule has 1 aromatic carbocycles. The molecule has 0 saturated carbocycles. The molecule has 0 bridgehead atoms. The van der Waals surface area contributed by atoms with E-state index in [1.54, 1.807) is 32.9 Å². The van der Waals surface area contributed by atoms with Crippen LogP contribution in [0.3, 0.4) is 0 Å². The van der Waals surface area contributed by atoms with Crippen LogP contribution in [0.25, 0.3) is 0 Å². The van der Waals surface area contributed by atoms with E-state index in [0.717, 1.165) is 11.1 Å². The van der Waals surface area contributed by atoms with E-state index in [4.69, 9.17) is 0 Å². The molecule has 0 aliphatic heterocycles. The first-order valence-electron chi connectivity index (χ1n) is 5.89. The summed E-state index contributed by atoms with van der Waals surface area (Å²) in [6.45, 7) is 8.32. The van der Waals surface area contributed by atoms with Crippen molar-refractivity contribution in [1.82, 2.24) is 0 Å². The number of hydrogen-bond acceptors (Lipinski definition) is 3. The number of ketones is 1. The molecule has 0 radical (unpaired) electrons. The van der Waals surface area contributed by atoms with Gasteiger partial charge in [0.15, 0.2) is 9.84 Å². The van der Waals surface area contributed by atoms with E-state index < -0.39 is 14.6 Å². The van der Waals surface area contributed by atoms with Crippen molar-refractivity contribution in [3.8, 4) is 0 Å². The second kappa shape index (κ2) is 4.84. The lowest BCUT2D eigenvalue weighted by Crippen LogP contribution is -2.34. The fraction of sp³-hybridized carbons (Fsp3) is 0.500. The Bertz CT molecular complexity index is 569. The van der Waals surface area contributed by atoms with Crippen LogP contribution in [-0.2, 0) is 14.6 Å². The van der Waals surface area contributed by atoms with Crippen LogP contribution < -0.4 is 0 Å². The van der Waals surface area contributed by atoms with Crippen LogP contribution in [0.1, 0.15) is 38.3 Å². The second-order valence-electron chi connectivity index (χ2n) is 5.41. The molecule has 4 heteroatoms. The highest BCUT2D eigenvalue weighted by Gasteiger charge is 2.37. The molecule has 0 aromatic heterocycles. The SMILES string of the molecule is CC(=O)CC(C)(C)S(=O)(=O)c1ccc(C)cc1C. The lowest BCUT2D eigenvalue weighted by Gasteiger charge is -2.24. The number of benzene rings is 1. The van der Waals surface area contributed by atoms with Gasteiger partial charge in [0.1, 0.15) is 5.78 Å². The van der Waals surface area contributed by atoms with Crippen molar-refractivity contribution < 1.29 is 13.2 Å². The molecule has 0 aliphatic rings. The third-order valence-electron chi connectivity index (χ3n) is 3.02. The molecule has 0 spiro atoms. The number of carbonyl (C=O) groups excluding carboxylic acids is 1. The average molecular weight is 268 g/mol. The van der Waals surface area contributed by atoms with Gasteiger partial charge in [-0.05, 0) is 46.2 Å². The summed E-state index contributed by atoms with van der Waals surface area (Å²) < 4.78 is 24.1. The molecule has 0 N–H and O–H groups in total. The van der Waals surface area contributed by atoms with Crippen molar-refractivity contribution in [1.29, 1.82) is 0 Å². The predicted octanol–water partition coefficient (Wildman–Crippen LogP) is 2.83. The Morgan fingerprint density at radius 1 is 1.22 bits per heavy atom. The third kappa shape index (κ3) is 2.80. The van der Waals surface area contributed by atoms with Gasteiger partial charge in [-0.1, -0.05) is 17.7 Å². The van der Waals surface area contributed by atoms with Gasteiger partial charge in [-0.25, -0.2) is 8.42 Å². The number of sulfone groups is 1. The van der Waals surface area contributed by atoms with Gasteiger partial charge in [0, 0.05) is 6.42 Å². The van der Waals surface area contributed by atoms with Crippen LogP contribution in [0.4, 0.5) is 0 Å². The molecule has 1 rings (SSSR count). The highest BCUT2D eigenvalue weighted by molar-refractivity contribution is 7.92. The summed E-state index contributed by atoms with van der Waals surface area (Å²) in [5, 5.41) is 0. The van der Waals surface area contributed by atoms with Crippen molar-refractivity contribution in [2.24, 2.45) is 0 Å². The minimum Gasteiger partial charge on any atom is -0.300 e. The zero-order valence-electron chi connectivity index (χ0n) is 11.6. The van der Waals surface area contributed by atoms with Gasteiger partial charge < -0.3 is 0 Å². The number of hydrogen-bond donors (Lipinski definition) is 0. The maximum Gasteiger partial charge on any atom is 0.184 e. The first kappa shape index (κ1) is 14.9. The Morgan fingerprint density at radius 2 is 1.78 bits per heavy atom. The van der Waals surface area contributed by atoms with Gasteiger partial charge in [0.25, 0.3) is 0 Å². The normalized spacial score (nSPS) is 12.5. The summed E-state index contributed by atoms with van der Waals surface area (Å²) in [6.07, 6.45) is 0.0304. The van der Waals surface area contributed by atoms with Crippen molar-refractivity contribution in [3.63, 3.8) is 0 Å². The number of carbonyl (C=O) groups is 1. The molecule has 0 amide bonds. The molecule has 0 aliphatic carbocycles. The van der Waals surface area contributed by atoms with E-state index >= 15 is 0 Å². The number of rotatable bonds is 4. The van der Waals surface area contributed by atoms with Gasteiger partial charge in [-0.15, -0.1) is 0 Å².